The molecule has 0 atom stereocenters. The average molecular weight is 371 g/mol. The Balaban J connectivity index is 1.50. The van der Waals surface area contributed by atoms with E-state index in [-0.39, 0.29) is 17.9 Å². The first-order valence-corrected chi connectivity index (χ1v) is 9.76. The van der Waals surface area contributed by atoms with Crippen molar-refractivity contribution in [1.29, 1.82) is 0 Å². The number of carbonyl (C=O) groups excluding carboxylic acids is 2. The first kappa shape index (κ1) is 19.3. The predicted molar refractivity (Wildman–Crippen MR) is 105 cm³/mol. The van der Waals surface area contributed by atoms with Crippen LogP contribution in [0.5, 0.6) is 5.75 Å². The Morgan fingerprint density at radius 3 is 2.59 bits per heavy atom. The molecule has 1 fully saturated rings. The molecule has 1 aliphatic carbocycles. The Morgan fingerprint density at radius 1 is 1.22 bits per heavy atom. The van der Waals surface area contributed by atoms with Crippen LogP contribution in [0.2, 0.25) is 0 Å². The highest BCUT2D eigenvalue weighted by atomic mass is 16.5. The van der Waals surface area contributed by atoms with Crippen LogP contribution in [0.4, 0.5) is 0 Å². The van der Waals surface area contributed by atoms with Gasteiger partial charge in [0.15, 0.2) is 0 Å². The fraction of sp³-hybridized carbons (Fsp3) is 0.524. The molecule has 2 aliphatic rings. The molecule has 0 aromatic heterocycles. The van der Waals surface area contributed by atoms with Crippen molar-refractivity contribution in [2.45, 2.75) is 51.5 Å². The molecule has 0 spiro atoms. The van der Waals surface area contributed by atoms with Gasteiger partial charge in [0.25, 0.3) is 0 Å². The number of amides is 2. The summed E-state index contributed by atoms with van der Waals surface area (Å²) in [6, 6.07) is 7.95. The molecule has 3 rings (SSSR count). The van der Waals surface area contributed by atoms with E-state index >= 15 is 0 Å². The molecule has 0 bridgehead atoms. The Bertz CT molecular complexity index is 691. The van der Waals surface area contributed by atoms with E-state index in [1.807, 2.05) is 30.3 Å². The van der Waals surface area contributed by atoms with E-state index in [9.17, 15) is 9.59 Å². The topological polar surface area (TPSA) is 70.7 Å². The van der Waals surface area contributed by atoms with Crippen molar-refractivity contribution in [2.24, 2.45) is 5.92 Å². The van der Waals surface area contributed by atoms with Crippen LogP contribution in [-0.4, -0.2) is 36.5 Å². The van der Waals surface area contributed by atoms with Crippen molar-refractivity contribution in [1.82, 2.24) is 15.8 Å². The summed E-state index contributed by atoms with van der Waals surface area (Å²) in [6.07, 6.45) is 6.97. The molecule has 1 heterocycles. The largest absolute Gasteiger partial charge is 0.497 e. The number of hydrazine groups is 1. The minimum Gasteiger partial charge on any atom is -0.497 e. The minimum absolute atomic E-state index is 0.0182. The quantitative estimate of drug-likeness (QED) is 0.807. The number of benzene rings is 1. The third-order valence-electron chi connectivity index (χ3n) is 5.38. The van der Waals surface area contributed by atoms with E-state index in [2.05, 4.69) is 17.7 Å². The third kappa shape index (κ3) is 5.25. The van der Waals surface area contributed by atoms with Crippen LogP contribution in [0.15, 0.2) is 30.3 Å². The van der Waals surface area contributed by atoms with Gasteiger partial charge in [-0.05, 0) is 67.5 Å². The van der Waals surface area contributed by atoms with Crippen LogP contribution in [0.25, 0.3) is 5.70 Å². The van der Waals surface area contributed by atoms with Gasteiger partial charge in [-0.1, -0.05) is 6.92 Å². The van der Waals surface area contributed by atoms with Gasteiger partial charge in [0, 0.05) is 18.9 Å². The molecule has 0 saturated heterocycles. The molecule has 0 radical (unpaired) electrons. The van der Waals surface area contributed by atoms with Gasteiger partial charge in [-0.25, -0.2) is 0 Å². The molecule has 146 valence electrons. The molecule has 1 aliphatic heterocycles. The van der Waals surface area contributed by atoms with E-state index in [1.165, 1.54) is 12.8 Å². The van der Waals surface area contributed by atoms with Crippen LogP contribution < -0.4 is 15.5 Å². The van der Waals surface area contributed by atoms with Crippen molar-refractivity contribution < 1.29 is 14.3 Å². The first-order chi connectivity index (χ1) is 13.0. The molecule has 1 saturated carbocycles. The second kappa shape index (κ2) is 8.93. The summed E-state index contributed by atoms with van der Waals surface area (Å²) in [5.41, 5.74) is 5.00. The molecular weight excluding hydrogens is 342 g/mol. The maximum Gasteiger partial charge on any atom is 0.244 e. The maximum absolute atomic E-state index is 12.3. The van der Waals surface area contributed by atoms with Gasteiger partial charge < -0.3 is 10.1 Å². The number of ether oxygens (including phenoxy) is 1. The van der Waals surface area contributed by atoms with Gasteiger partial charge in [-0.2, -0.15) is 0 Å². The van der Waals surface area contributed by atoms with Crippen LogP contribution >= 0.6 is 0 Å². The van der Waals surface area contributed by atoms with Crippen molar-refractivity contribution in [3.8, 4) is 5.75 Å². The van der Waals surface area contributed by atoms with Crippen LogP contribution in [-0.2, 0) is 9.59 Å². The summed E-state index contributed by atoms with van der Waals surface area (Å²) in [4.78, 5) is 24.4. The summed E-state index contributed by atoms with van der Waals surface area (Å²) in [7, 11) is 1.63. The minimum atomic E-state index is -0.0217. The van der Waals surface area contributed by atoms with Crippen molar-refractivity contribution in [3.05, 3.63) is 35.9 Å². The van der Waals surface area contributed by atoms with E-state index in [4.69, 9.17) is 4.74 Å². The number of hydrogen-bond acceptors (Lipinski definition) is 4. The SMILES string of the molecule is COc1ccc(C2=CCC(=O)N(CCC(=O)NC3CCC(C)CC3)N2)cc1. The number of nitrogens with one attached hydrogen (secondary N) is 2. The van der Waals surface area contributed by atoms with Crippen molar-refractivity contribution in [3.63, 3.8) is 0 Å². The van der Waals surface area contributed by atoms with E-state index < -0.39 is 0 Å². The van der Waals surface area contributed by atoms with Gasteiger partial charge in [-0.3, -0.25) is 20.0 Å². The highest BCUT2D eigenvalue weighted by molar-refractivity contribution is 5.84. The number of carbonyl (C=O) groups is 2. The second-order valence-electron chi connectivity index (χ2n) is 7.48. The molecule has 2 N–H and O–H groups in total. The zero-order valence-electron chi connectivity index (χ0n) is 16.2. The smallest absolute Gasteiger partial charge is 0.244 e. The Kier molecular flexibility index (Phi) is 6.37. The molecule has 6 heteroatoms. The van der Waals surface area contributed by atoms with Gasteiger partial charge in [-0.15, -0.1) is 0 Å². The monoisotopic (exact) mass is 371 g/mol. The summed E-state index contributed by atoms with van der Waals surface area (Å²) in [5, 5.41) is 4.66. The molecule has 6 nitrogen and oxygen atoms in total. The van der Waals surface area contributed by atoms with E-state index in [0.717, 1.165) is 35.8 Å². The normalized spacial score (nSPS) is 22.7. The lowest BCUT2D eigenvalue weighted by Gasteiger charge is -2.30. The standard InChI is InChI=1S/C21H29N3O3/c1-15-3-7-17(8-4-15)22-20(25)13-14-24-21(26)12-11-19(23-24)16-5-9-18(27-2)10-6-16/h5-6,9-11,15,17,23H,3-4,7-8,12-14H2,1-2H3,(H,22,25). The zero-order valence-corrected chi connectivity index (χ0v) is 16.2. The number of hydrogen-bond donors (Lipinski definition) is 2. The van der Waals surface area contributed by atoms with Crippen LogP contribution in [0.3, 0.4) is 0 Å². The highest BCUT2D eigenvalue weighted by Crippen LogP contribution is 2.23. The van der Waals surface area contributed by atoms with Gasteiger partial charge in [0.1, 0.15) is 5.75 Å². The van der Waals surface area contributed by atoms with Crippen LogP contribution in [0.1, 0.15) is 51.0 Å². The second-order valence-corrected chi connectivity index (χ2v) is 7.48. The predicted octanol–water partition coefficient (Wildman–Crippen LogP) is 2.86. The lowest BCUT2D eigenvalue weighted by molar-refractivity contribution is -0.133. The van der Waals surface area contributed by atoms with E-state index in [1.54, 1.807) is 12.1 Å². The highest BCUT2D eigenvalue weighted by Gasteiger charge is 2.22. The lowest BCUT2D eigenvalue weighted by Crippen LogP contribution is -2.46. The molecular formula is C21H29N3O3. The number of methoxy groups -OCH3 is 1. The Hall–Kier alpha value is -2.50. The van der Waals surface area contributed by atoms with Crippen LogP contribution in [0, 0.1) is 5.92 Å². The first-order valence-electron chi connectivity index (χ1n) is 9.76. The van der Waals surface area contributed by atoms with Gasteiger partial charge >= 0.3 is 0 Å². The third-order valence-corrected chi connectivity index (χ3v) is 5.38. The lowest BCUT2D eigenvalue weighted by atomic mass is 9.87. The summed E-state index contributed by atoms with van der Waals surface area (Å²) in [6.45, 7) is 2.63. The summed E-state index contributed by atoms with van der Waals surface area (Å²) >= 11 is 0. The molecule has 1 aromatic carbocycles. The number of nitrogens with zero attached hydrogens (tertiary/aromatic N) is 1. The molecule has 2 amide bonds. The van der Waals surface area contributed by atoms with E-state index in [0.29, 0.717) is 19.4 Å². The summed E-state index contributed by atoms with van der Waals surface area (Å²) < 4.78 is 5.18. The molecule has 1 aromatic rings. The summed E-state index contributed by atoms with van der Waals surface area (Å²) in [5.74, 6) is 1.55. The van der Waals surface area contributed by atoms with Gasteiger partial charge in [0.2, 0.25) is 11.8 Å². The van der Waals surface area contributed by atoms with Crippen molar-refractivity contribution in [2.75, 3.05) is 13.7 Å². The fourth-order valence-electron chi connectivity index (χ4n) is 3.60. The van der Waals surface area contributed by atoms with Crippen molar-refractivity contribution >= 4 is 17.5 Å². The molecule has 27 heavy (non-hydrogen) atoms. The fourth-order valence-corrected chi connectivity index (χ4v) is 3.60. The zero-order chi connectivity index (χ0) is 19.2. The average Bonchev–Trinajstić information content (AvgIpc) is 2.69. The number of rotatable bonds is 6. The van der Waals surface area contributed by atoms with Gasteiger partial charge in [0.05, 0.1) is 19.4 Å². The maximum atomic E-state index is 12.3. The Morgan fingerprint density at radius 2 is 1.93 bits per heavy atom. The molecule has 0 unspecified atom stereocenters. The Labute approximate surface area is 160 Å².